The first-order valence-electron chi connectivity index (χ1n) is 7.72. The average Bonchev–Trinajstić information content (AvgIpc) is 2.94. The number of aromatic nitrogens is 2. The molecule has 0 fully saturated rings. The maximum atomic E-state index is 12.4. The van der Waals surface area contributed by atoms with Crippen molar-refractivity contribution in [3.05, 3.63) is 83.8 Å². The fraction of sp³-hybridized carbons (Fsp3) is 0. The van der Waals surface area contributed by atoms with Gasteiger partial charge < -0.3 is 4.84 Å². The monoisotopic (exact) mass is 345 g/mol. The zero-order chi connectivity index (χ0) is 18.1. The molecule has 1 aliphatic rings. The van der Waals surface area contributed by atoms with E-state index in [9.17, 15) is 14.4 Å². The molecule has 0 saturated heterocycles. The molecule has 3 aromatic rings. The van der Waals surface area contributed by atoms with E-state index in [2.05, 4.69) is 9.97 Å². The van der Waals surface area contributed by atoms with Gasteiger partial charge in [-0.1, -0.05) is 23.3 Å². The zero-order valence-electron chi connectivity index (χ0n) is 13.3. The van der Waals surface area contributed by atoms with Crippen LogP contribution in [-0.4, -0.2) is 32.8 Å². The number of hydrogen-bond donors (Lipinski definition) is 0. The minimum absolute atomic E-state index is 0.102. The Labute approximate surface area is 147 Å². The number of pyridine rings is 2. The van der Waals surface area contributed by atoms with Crippen LogP contribution < -0.4 is 0 Å². The molecule has 4 rings (SSSR count). The molecule has 0 spiro atoms. The predicted octanol–water partition coefficient (Wildman–Crippen LogP) is 2.51. The molecule has 0 N–H and O–H groups in total. The topological polar surface area (TPSA) is 89.5 Å². The highest BCUT2D eigenvalue weighted by Gasteiger charge is 2.38. The summed E-state index contributed by atoms with van der Waals surface area (Å²) >= 11 is 0. The minimum Gasteiger partial charge on any atom is -0.324 e. The van der Waals surface area contributed by atoms with E-state index in [-0.39, 0.29) is 16.7 Å². The van der Waals surface area contributed by atoms with E-state index >= 15 is 0 Å². The van der Waals surface area contributed by atoms with Gasteiger partial charge >= 0.3 is 5.97 Å². The molecule has 0 aliphatic carbocycles. The normalized spacial score (nSPS) is 12.8. The van der Waals surface area contributed by atoms with Crippen molar-refractivity contribution in [2.45, 2.75) is 0 Å². The summed E-state index contributed by atoms with van der Waals surface area (Å²) in [5, 5.41) is 0.473. The van der Waals surface area contributed by atoms with Gasteiger partial charge in [-0.2, -0.15) is 0 Å². The van der Waals surface area contributed by atoms with Gasteiger partial charge in [0.2, 0.25) is 0 Å². The van der Waals surface area contributed by atoms with Gasteiger partial charge in [0.1, 0.15) is 0 Å². The molecular formula is C19H11N3O4. The summed E-state index contributed by atoms with van der Waals surface area (Å²) < 4.78 is 0. The molecule has 3 heterocycles. The number of imide groups is 1. The van der Waals surface area contributed by atoms with Crippen molar-refractivity contribution in [2.24, 2.45) is 0 Å². The lowest BCUT2D eigenvalue weighted by molar-refractivity contribution is -0.0584. The third-order valence-electron chi connectivity index (χ3n) is 3.87. The van der Waals surface area contributed by atoms with Gasteiger partial charge in [0, 0.05) is 24.2 Å². The Balaban J connectivity index is 1.58. The molecule has 126 valence electrons. The van der Waals surface area contributed by atoms with Crippen LogP contribution in [0.15, 0.2) is 67.1 Å². The van der Waals surface area contributed by atoms with E-state index < -0.39 is 17.8 Å². The fourth-order valence-electron chi connectivity index (χ4n) is 2.61. The van der Waals surface area contributed by atoms with Crippen LogP contribution in [0.4, 0.5) is 0 Å². The van der Waals surface area contributed by atoms with Gasteiger partial charge in [0.15, 0.2) is 0 Å². The third kappa shape index (κ3) is 2.61. The van der Waals surface area contributed by atoms with Gasteiger partial charge in [-0.05, 0) is 30.3 Å². The van der Waals surface area contributed by atoms with Crippen LogP contribution in [0.2, 0.25) is 0 Å². The summed E-state index contributed by atoms with van der Waals surface area (Å²) in [6.45, 7) is 0. The van der Waals surface area contributed by atoms with Crippen LogP contribution >= 0.6 is 0 Å². The molecule has 0 atom stereocenters. The maximum Gasteiger partial charge on any atom is 0.365 e. The Kier molecular flexibility index (Phi) is 3.74. The highest BCUT2D eigenvalue weighted by atomic mass is 16.7. The SMILES string of the molecule is O=C(ON1C(=O)c2ccccc2C1=O)c1cncc(-c2ccccn2)c1. The summed E-state index contributed by atoms with van der Waals surface area (Å²) in [6.07, 6.45) is 4.48. The van der Waals surface area contributed by atoms with Crippen LogP contribution in [0.25, 0.3) is 11.3 Å². The summed E-state index contributed by atoms with van der Waals surface area (Å²) in [5.41, 5.74) is 1.75. The van der Waals surface area contributed by atoms with Crippen LogP contribution in [0, 0.1) is 0 Å². The summed E-state index contributed by atoms with van der Waals surface area (Å²) in [5.74, 6) is -2.20. The molecule has 2 amide bonds. The Morgan fingerprint density at radius 3 is 2.27 bits per heavy atom. The number of carbonyl (C=O) groups is 3. The number of amides is 2. The Bertz CT molecular complexity index is 999. The Morgan fingerprint density at radius 1 is 0.923 bits per heavy atom. The maximum absolute atomic E-state index is 12.4. The molecule has 26 heavy (non-hydrogen) atoms. The highest BCUT2D eigenvalue weighted by molar-refractivity contribution is 6.21. The van der Waals surface area contributed by atoms with E-state index in [4.69, 9.17) is 4.84 Å². The molecule has 0 unspecified atom stereocenters. The van der Waals surface area contributed by atoms with Crippen molar-refractivity contribution in [1.29, 1.82) is 0 Å². The van der Waals surface area contributed by atoms with Crippen molar-refractivity contribution in [3.8, 4) is 11.3 Å². The van der Waals surface area contributed by atoms with Crippen LogP contribution in [0.5, 0.6) is 0 Å². The van der Waals surface area contributed by atoms with Crippen molar-refractivity contribution in [1.82, 2.24) is 15.0 Å². The zero-order valence-corrected chi connectivity index (χ0v) is 13.3. The lowest BCUT2D eigenvalue weighted by Crippen LogP contribution is -2.32. The molecule has 7 heteroatoms. The predicted molar refractivity (Wildman–Crippen MR) is 89.8 cm³/mol. The van der Waals surface area contributed by atoms with Crippen LogP contribution in [0.1, 0.15) is 31.1 Å². The molecular weight excluding hydrogens is 334 g/mol. The first-order valence-corrected chi connectivity index (χ1v) is 7.72. The molecule has 0 saturated carbocycles. The molecule has 0 bridgehead atoms. The minimum atomic E-state index is -0.857. The van der Waals surface area contributed by atoms with E-state index in [1.54, 1.807) is 36.7 Å². The van der Waals surface area contributed by atoms with Crippen LogP contribution in [0.3, 0.4) is 0 Å². The van der Waals surface area contributed by atoms with Crippen molar-refractivity contribution >= 4 is 17.8 Å². The number of hydrogen-bond acceptors (Lipinski definition) is 6. The van der Waals surface area contributed by atoms with E-state index in [1.165, 1.54) is 24.4 Å². The van der Waals surface area contributed by atoms with Crippen LogP contribution in [-0.2, 0) is 4.84 Å². The van der Waals surface area contributed by atoms with Gasteiger partial charge in [0.25, 0.3) is 11.8 Å². The van der Waals surface area contributed by atoms with Crippen molar-refractivity contribution in [2.75, 3.05) is 0 Å². The van der Waals surface area contributed by atoms with Gasteiger partial charge in [-0.25, -0.2) is 4.79 Å². The Hall–Kier alpha value is -3.87. The average molecular weight is 345 g/mol. The smallest absolute Gasteiger partial charge is 0.324 e. The number of benzene rings is 1. The second kappa shape index (κ2) is 6.21. The van der Waals surface area contributed by atoms with E-state index in [0.717, 1.165) is 0 Å². The second-order valence-electron chi connectivity index (χ2n) is 5.51. The number of nitrogens with zero attached hydrogens (tertiary/aromatic N) is 3. The molecule has 1 aromatic carbocycles. The first kappa shape index (κ1) is 15.6. The van der Waals surface area contributed by atoms with E-state index in [1.807, 2.05) is 6.07 Å². The number of rotatable bonds is 3. The van der Waals surface area contributed by atoms with Gasteiger partial charge in [0.05, 0.1) is 22.4 Å². The number of hydroxylamine groups is 2. The second-order valence-corrected chi connectivity index (χ2v) is 5.51. The standard InChI is InChI=1S/C19H11N3O4/c23-17-14-5-1-2-6-15(14)18(24)22(17)26-19(25)13-9-12(10-20-11-13)16-7-3-4-8-21-16/h1-11H. The van der Waals surface area contributed by atoms with Gasteiger partial charge in [-0.15, -0.1) is 0 Å². The molecule has 7 nitrogen and oxygen atoms in total. The quantitative estimate of drug-likeness (QED) is 0.678. The molecule has 0 radical (unpaired) electrons. The third-order valence-corrected chi connectivity index (χ3v) is 3.87. The first-order chi connectivity index (χ1) is 12.6. The summed E-state index contributed by atoms with van der Waals surface area (Å²) in [6, 6.07) is 13.2. The Morgan fingerprint density at radius 2 is 1.62 bits per heavy atom. The van der Waals surface area contributed by atoms with Crippen molar-refractivity contribution in [3.63, 3.8) is 0 Å². The van der Waals surface area contributed by atoms with Gasteiger partial charge in [-0.3, -0.25) is 19.6 Å². The molecule has 2 aromatic heterocycles. The fourth-order valence-corrected chi connectivity index (χ4v) is 2.61. The lowest BCUT2D eigenvalue weighted by Gasteiger charge is -2.12. The number of fused-ring (bicyclic) bond motifs is 1. The lowest BCUT2D eigenvalue weighted by atomic mass is 10.1. The van der Waals surface area contributed by atoms with Crippen molar-refractivity contribution < 1.29 is 19.2 Å². The number of carbonyl (C=O) groups excluding carboxylic acids is 3. The highest BCUT2D eigenvalue weighted by Crippen LogP contribution is 2.24. The molecule has 1 aliphatic heterocycles. The van der Waals surface area contributed by atoms with E-state index in [0.29, 0.717) is 16.3 Å². The summed E-state index contributed by atoms with van der Waals surface area (Å²) in [4.78, 5) is 50.2. The largest absolute Gasteiger partial charge is 0.365 e. The summed E-state index contributed by atoms with van der Waals surface area (Å²) in [7, 11) is 0.